The summed E-state index contributed by atoms with van der Waals surface area (Å²) in [6.45, 7) is 9.23. The number of carbonyl (C=O) groups excluding carboxylic acids is 8. The molecule has 8 rings (SSSR count). The van der Waals surface area contributed by atoms with Crippen LogP contribution in [0.2, 0.25) is 0 Å². The zero-order valence-corrected chi connectivity index (χ0v) is 41.9. The highest BCUT2D eigenvalue weighted by atomic mass is 19.1. The third-order valence-electron chi connectivity index (χ3n) is 12.3. The average Bonchev–Trinajstić information content (AvgIpc) is 3.92. The zero-order chi connectivity index (χ0) is 53.4. The summed E-state index contributed by atoms with van der Waals surface area (Å²) in [4.78, 5) is 112. The monoisotopic (exact) mass is 1010 g/mol. The van der Waals surface area contributed by atoms with Crippen molar-refractivity contribution in [3.05, 3.63) is 110 Å². The SMILES string of the molecule is CC.COCNC(=O)CNC(=O)CNC(=O)CNC(=O)CNC(=O)CCCCCN1C(=O)C=CC1=O.Cc1c(F)cc2nc3c(c4c2c1CC[C@H]4C)Cn1c-3cc2c(c1=O)COC(=O)C2O.Cc1ccccc1. The van der Waals surface area contributed by atoms with Gasteiger partial charge in [-0.25, -0.2) is 14.2 Å². The van der Waals surface area contributed by atoms with Crippen molar-refractivity contribution in [2.75, 3.05) is 46.6 Å². The Labute approximate surface area is 421 Å². The number of carbonyl (C=O) groups is 8. The molecule has 73 heavy (non-hydrogen) atoms. The number of fused-ring (bicyclic) bond motifs is 5. The number of benzene rings is 2. The van der Waals surface area contributed by atoms with E-state index < -0.39 is 35.7 Å². The molecule has 2 atom stereocenters. The number of imide groups is 1. The fourth-order valence-corrected chi connectivity index (χ4v) is 8.46. The molecule has 0 saturated carbocycles. The maximum Gasteiger partial charge on any atom is 0.340 e. The van der Waals surface area contributed by atoms with Crippen LogP contribution >= 0.6 is 0 Å². The van der Waals surface area contributed by atoms with Crippen LogP contribution in [-0.2, 0) is 67.4 Å². The molecule has 1 unspecified atom stereocenters. The molecule has 3 aliphatic heterocycles. The highest BCUT2D eigenvalue weighted by Gasteiger charge is 2.36. The second-order valence-electron chi connectivity index (χ2n) is 17.3. The van der Waals surface area contributed by atoms with Crippen molar-refractivity contribution in [3.63, 3.8) is 0 Å². The molecule has 390 valence electrons. The minimum atomic E-state index is -1.49. The molecule has 6 N–H and O–H groups in total. The first-order valence-electron chi connectivity index (χ1n) is 24.1. The van der Waals surface area contributed by atoms with Crippen molar-refractivity contribution in [1.82, 2.24) is 41.0 Å². The summed E-state index contributed by atoms with van der Waals surface area (Å²) >= 11 is 0. The number of aryl methyl sites for hydroxylation is 2. The Balaban J connectivity index is 0.000000232. The molecule has 0 bridgehead atoms. The zero-order valence-electron chi connectivity index (χ0n) is 41.9. The standard InChI is InChI=1S/C23H19FN2O4.C20H30N6O8.C7H8.C2H6/c1-9-3-4-11-10(2)15(24)6-16-19(11)18(9)13-7-26-17(20(13)25-16)5-12-14(22(26)28)8-30-23(29)21(12)27;1-34-13-25-18(31)12-24-17(30)11-23-16(29)10-22-15(28)9-21-14(27)5-3-2-4-8-26-19(32)6-7-20(26)33;1-7-5-3-2-4-6-7;1-2/h5-6,9,21,27H,3-4,7-8H2,1-2H3;6-7H,2-5,8-13H2,1H3,(H,21,27)(H,22,28)(H,23,29)(H,24,30)(H,25,31);2-6H,1H3;1-2H3/t9-,21?;;;/m1.../s1. The maximum atomic E-state index is 14.6. The number of pyridine rings is 2. The number of aromatic nitrogens is 2. The van der Waals surface area contributed by atoms with Gasteiger partial charge in [0.2, 0.25) is 29.5 Å². The second kappa shape index (κ2) is 26.7. The first-order chi connectivity index (χ1) is 35.0. The van der Waals surface area contributed by atoms with Gasteiger partial charge in [0.25, 0.3) is 17.4 Å². The van der Waals surface area contributed by atoms with Crippen molar-refractivity contribution in [2.24, 2.45) is 0 Å². The molecule has 0 radical (unpaired) electrons. The van der Waals surface area contributed by atoms with Gasteiger partial charge in [-0.2, -0.15) is 0 Å². The van der Waals surface area contributed by atoms with Gasteiger partial charge in [0, 0.05) is 54.8 Å². The number of methoxy groups -OCH3 is 1. The van der Waals surface area contributed by atoms with Gasteiger partial charge >= 0.3 is 5.97 Å². The van der Waals surface area contributed by atoms with Gasteiger partial charge in [0.05, 0.1) is 55.2 Å². The lowest BCUT2D eigenvalue weighted by atomic mass is 9.79. The van der Waals surface area contributed by atoms with E-state index in [0.717, 1.165) is 39.8 Å². The summed E-state index contributed by atoms with van der Waals surface area (Å²) in [5.41, 5.74) is 7.17. The van der Waals surface area contributed by atoms with Crippen molar-refractivity contribution in [1.29, 1.82) is 0 Å². The van der Waals surface area contributed by atoms with Crippen LogP contribution in [0.4, 0.5) is 4.39 Å². The lowest BCUT2D eigenvalue weighted by molar-refractivity contribution is -0.157. The number of ether oxygens (including phenoxy) is 2. The van der Waals surface area contributed by atoms with Crippen molar-refractivity contribution >= 4 is 58.2 Å². The Bertz CT molecular complexity index is 2810. The van der Waals surface area contributed by atoms with Gasteiger partial charge in [-0.3, -0.25) is 43.3 Å². The summed E-state index contributed by atoms with van der Waals surface area (Å²) in [5.74, 6) is -4.05. The molecule has 0 saturated heterocycles. The van der Waals surface area contributed by atoms with Crippen LogP contribution < -0.4 is 32.1 Å². The molecule has 4 aromatic rings. The van der Waals surface area contributed by atoms with Gasteiger partial charge in [-0.15, -0.1) is 0 Å². The fraction of sp³-hybridized carbons (Fsp3) is 0.423. The van der Waals surface area contributed by atoms with E-state index >= 15 is 0 Å². The first kappa shape index (κ1) is 56.3. The van der Waals surface area contributed by atoms with Gasteiger partial charge in [0.15, 0.2) is 6.10 Å². The maximum absolute atomic E-state index is 14.6. The Morgan fingerprint density at radius 1 is 0.795 bits per heavy atom. The average molecular weight is 1010 g/mol. The Hall–Kier alpha value is -7.65. The van der Waals surface area contributed by atoms with Crippen LogP contribution in [0.15, 0.2) is 59.4 Å². The molecule has 1 aliphatic carbocycles. The fourth-order valence-electron chi connectivity index (χ4n) is 8.46. The molecular weight excluding hydrogens is 948 g/mol. The topological polar surface area (TPSA) is 274 Å². The van der Waals surface area contributed by atoms with Crippen LogP contribution in [0.3, 0.4) is 0 Å². The van der Waals surface area contributed by atoms with Gasteiger partial charge < -0.3 is 45.7 Å². The number of cyclic esters (lactones) is 1. The summed E-state index contributed by atoms with van der Waals surface area (Å²) in [6, 6.07) is 13.4. The molecule has 7 amide bonds. The number of nitrogens with zero attached hydrogens (tertiary/aromatic N) is 3. The Morgan fingerprint density at radius 2 is 1.38 bits per heavy atom. The van der Waals surface area contributed by atoms with E-state index in [2.05, 4.69) is 57.3 Å². The number of rotatable bonds is 16. The van der Waals surface area contributed by atoms with Gasteiger partial charge in [-0.05, 0) is 68.2 Å². The van der Waals surface area contributed by atoms with Crippen molar-refractivity contribution in [2.45, 2.75) is 98.3 Å². The van der Waals surface area contributed by atoms with Crippen LogP contribution in [0.1, 0.15) is 104 Å². The summed E-state index contributed by atoms with van der Waals surface area (Å²) in [7, 11) is 1.40. The van der Waals surface area contributed by atoms with E-state index in [-0.39, 0.29) is 86.5 Å². The third-order valence-corrected chi connectivity index (χ3v) is 12.3. The number of hydrogen-bond acceptors (Lipinski definition) is 13. The van der Waals surface area contributed by atoms with E-state index in [1.54, 1.807) is 10.6 Å². The van der Waals surface area contributed by atoms with Crippen LogP contribution in [0, 0.1) is 19.7 Å². The number of aliphatic hydroxyl groups is 1. The normalized spacial score (nSPS) is 15.4. The second-order valence-corrected chi connectivity index (χ2v) is 17.3. The van der Waals surface area contributed by atoms with E-state index in [4.69, 9.17) is 9.72 Å². The molecular formula is C52H63FN8O12. The van der Waals surface area contributed by atoms with Crippen LogP contribution in [0.5, 0.6) is 0 Å². The molecule has 0 spiro atoms. The molecule has 21 heteroatoms. The largest absolute Gasteiger partial charge is 0.458 e. The molecule has 2 aromatic heterocycles. The molecule has 20 nitrogen and oxygen atoms in total. The summed E-state index contributed by atoms with van der Waals surface area (Å²) in [6.07, 6.45) is 4.56. The van der Waals surface area contributed by atoms with E-state index in [1.165, 1.54) is 30.9 Å². The van der Waals surface area contributed by atoms with E-state index in [0.29, 0.717) is 60.4 Å². The summed E-state index contributed by atoms with van der Waals surface area (Å²) < 4.78 is 25.8. The number of nitrogens with one attached hydrogen (secondary N) is 5. The number of unbranched alkanes of at least 4 members (excludes halogenated alkanes) is 2. The number of halogens is 1. The van der Waals surface area contributed by atoms with E-state index in [1.807, 2.05) is 39.0 Å². The molecule has 2 aromatic carbocycles. The van der Waals surface area contributed by atoms with Crippen molar-refractivity contribution < 1.29 is 57.3 Å². The van der Waals surface area contributed by atoms with E-state index in [9.17, 15) is 52.6 Å². The Kier molecular flexibility index (Phi) is 20.6. The van der Waals surface area contributed by atoms with Crippen molar-refractivity contribution in [3.8, 4) is 11.4 Å². The predicted octanol–water partition coefficient (Wildman–Crippen LogP) is 2.69. The lowest BCUT2D eigenvalue weighted by Gasteiger charge is -2.26. The van der Waals surface area contributed by atoms with Crippen LogP contribution in [0.25, 0.3) is 22.3 Å². The minimum absolute atomic E-state index is 0.00882. The highest BCUT2D eigenvalue weighted by Crippen LogP contribution is 2.45. The van der Waals surface area contributed by atoms with Gasteiger partial charge in [-0.1, -0.05) is 63.1 Å². The number of aliphatic hydroxyl groups excluding tert-OH is 1. The minimum Gasteiger partial charge on any atom is -0.458 e. The summed E-state index contributed by atoms with van der Waals surface area (Å²) in [5, 5.41) is 22.9. The molecule has 5 heterocycles. The smallest absolute Gasteiger partial charge is 0.340 e. The van der Waals surface area contributed by atoms with Crippen LogP contribution in [-0.4, -0.2) is 113 Å². The highest BCUT2D eigenvalue weighted by molar-refractivity contribution is 6.12. The van der Waals surface area contributed by atoms with Gasteiger partial charge in [0.1, 0.15) is 19.2 Å². The molecule has 0 fully saturated rings. The lowest BCUT2D eigenvalue weighted by Crippen LogP contribution is -2.45. The number of amides is 7. The number of esters is 1. The quantitative estimate of drug-likeness (QED) is 0.0360. The number of hydrogen-bond donors (Lipinski definition) is 6. The predicted molar refractivity (Wildman–Crippen MR) is 266 cm³/mol. The Morgan fingerprint density at radius 3 is 1.96 bits per heavy atom. The molecule has 4 aliphatic rings. The first-order valence-corrected chi connectivity index (χ1v) is 24.1. The third kappa shape index (κ3) is 14.5.